The summed E-state index contributed by atoms with van der Waals surface area (Å²) in [6.07, 6.45) is -6.26. The average molecular weight is 867 g/mol. The Bertz CT molecular complexity index is 1750. The van der Waals surface area contributed by atoms with Gasteiger partial charge in [-0.15, -0.1) is 0 Å². The largest absolute Gasteiger partial charge is 0.508 e. The van der Waals surface area contributed by atoms with Crippen molar-refractivity contribution in [2.75, 3.05) is 37.8 Å². The van der Waals surface area contributed by atoms with Crippen molar-refractivity contribution in [2.24, 2.45) is 11.5 Å². The van der Waals surface area contributed by atoms with Crippen LogP contribution in [0.5, 0.6) is 5.75 Å². The van der Waals surface area contributed by atoms with Crippen molar-refractivity contribution >= 4 is 66.6 Å². The third-order valence-corrected chi connectivity index (χ3v) is 9.40. The number of hydrogen-bond donors (Lipinski definition) is 14. The maximum Gasteiger partial charge on any atom is 0.245 e. The number of rotatable bonds is 22. The Labute approximate surface area is 349 Å². The molecule has 59 heavy (non-hydrogen) atoms. The van der Waals surface area contributed by atoms with Gasteiger partial charge in [0.15, 0.2) is 6.29 Å². The number of hydrogen-bond acceptors (Lipinski definition) is 16. The molecule has 0 aliphatic carbocycles. The zero-order valence-electron chi connectivity index (χ0n) is 31.6. The Morgan fingerprint density at radius 3 is 1.86 bits per heavy atom. The normalized spacial score (nSPS) is 20.0. The van der Waals surface area contributed by atoms with Gasteiger partial charge in [0.05, 0.1) is 32.3 Å². The van der Waals surface area contributed by atoms with Crippen LogP contribution in [0.2, 0.25) is 0 Å². The summed E-state index contributed by atoms with van der Waals surface area (Å²) < 4.78 is 10.6. The molecule has 1 aliphatic rings. The molecule has 0 spiro atoms. The SMILES string of the molecule is NC(=O)CNC(=O)[C@H](CO[C@@H]1OC[C@@H](O)[C@H](O)[C@H]1O)NC(=O)[C@@H](CS)NC(=O)[C@H](Cc1ccccc1)NC(=O)CNC(=O)[C@@H](CS)NC(=O)[C@@H](N)Cc1ccc(O)cc1. The van der Waals surface area contributed by atoms with E-state index in [1.807, 2.05) is 0 Å². The number of amides is 7. The van der Waals surface area contributed by atoms with Gasteiger partial charge in [0, 0.05) is 17.9 Å². The lowest BCUT2D eigenvalue weighted by molar-refractivity contribution is -0.270. The highest BCUT2D eigenvalue weighted by atomic mass is 32.1. The van der Waals surface area contributed by atoms with Crippen LogP contribution in [0.4, 0.5) is 0 Å². The number of nitrogens with two attached hydrogens (primary N) is 2. The number of ether oxygens (including phenoxy) is 2. The predicted molar refractivity (Wildman–Crippen MR) is 214 cm³/mol. The molecule has 1 aliphatic heterocycles. The Hall–Kier alpha value is -5.01. The number of benzene rings is 2. The van der Waals surface area contributed by atoms with Crippen molar-refractivity contribution in [3.63, 3.8) is 0 Å². The van der Waals surface area contributed by atoms with Gasteiger partial charge in [-0.3, -0.25) is 33.6 Å². The minimum absolute atomic E-state index is 0.0409. The Kier molecular flexibility index (Phi) is 19.8. The number of phenolic OH excluding ortho intramolecular Hbond substituents is 1. The van der Waals surface area contributed by atoms with Crippen LogP contribution in [0.3, 0.4) is 0 Å². The molecular weight excluding hydrogens is 817 g/mol. The van der Waals surface area contributed by atoms with Gasteiger partial charge < -0.3 is 73.3 Å². The van der Waals surface area contributed by atoms with E-state index >= 15 is 0 Å². The van der Waals surface area contributed by atoms with Gasteiger partial charge in [0.25, 0.3) is 0 Å². The van der Waals surface area contributed by atoms with E-state index in [1.165, 1.54) is 12.1 Å². The van der Waals surface area contributed by atoms with Crippen LogP contribution in [-0.2, 0) is 55.9 Å². The summed E-state index contributed by atoms with van der Waals surface area (Å²) in [5.74, 6) is -6.37. The fraction of sp³-hybridized carbons (Fsp3) is 0.472. The number of carbonyl (C=O) groups is 7. The zero-order chi connectivity index (χ0) is 43.6. The second-order valence-corrected chi connectivity index (χ2v) is 14.1. The standard InChI is InChI=1S/C36H50N8O13S2/c37-21(10-19-6-8-20(45)9-7-19)31(51)43-24(16-58)33(53)40-13-28(48)41-22(11-18-4-2-1-3-5-18)34(54)44-25(17-59)35(55)42-23(32(52)39-12-27(38)47)14-56-36-30(50)29(49)26(46)15-57-36/h1-9,21-26,29-30,36,45-46,49-50,58-59H,10-17,37H2,(H2,38,47)(H,39,52)(H,40,53)(H,41,48)(H,42,55)(H,43,51)(H,44,54)/t21-,22-,23-,24+,25+,26+,29-,30+,36+/m0/s1. The van der Waals surface area contributed by atoms with Gasteiger partial charge in [0.1, 0.15) is 48.2 Å². The fourth-order valence-electron chi connectivity index (χ4n) is 5.38. The van der Waals surface area contributed by atoms with Gasteiger partial charge in [-0.2, -0.15) is 25.3 Å². The number of thiol groups is 2. The maximum absolute atomic E-state index is 13.7. The van der Waals surface area contributed by atoms with Gasteiger partial charge in [-0.25, -0.2) is 0 Å². The quantitative estimate of drug-likeness (QED) is 0.0492. The molecule has 324 valence electrons. The van der Waals surface area contributed by atoms with Crippen LogP contribution < -0.4 is 43.4 Å². The summed E-state index contributed by atoms with van der Waals surface area (Å²) >= 11 is 8.29. The van der Waals surface area contributed by atoms with Crippen molar-refractivity contribution in [1.29, 1.82) is 0 Å². The van der Waals surface area contributed by atoms with Gasteiger partial charge in [-0.05, 0) is 29.7 Å². The molecule has 1 saturated heterocycles. The van der Waals surface area contributed by atoms with E-state index in [0.717, 1.165) is 0 Å². The summed E-state index contributed by atoms with van der Waals surface area (Å²) in [6.45, 7) is -2.35. The molecule has 0 bridgehead atoms. The molecule has 3 rings (SSSR count). The number of aromatic hydroxyl groups is 1. The smallest absolute Gasteiger partial charge is 0.245 e. The molecular formula is C36H50N8O13S2. The number of phenols is 1. The second kappa shape index (κ2) is 24.2. The highest BCUT2D eigenvalue weighted by Crippen LogP contribution is 2.17. The van der Waals surface area contributed by atoms with Gasteiger partial charge in [0.2, 0.25) is 41.4 Å². The lowest BCUT2D eigenvalue weighted by atomic mass is 10.0. The third kappa shape index (κ3) is 15.9. The topological polar surface area (TPSA) is 343 Å². The first-order valence-electron chi connectivity index (χ1n) is 18.1. The van der Waals surface area contributed by atoms with Crippen LogP contribution in [0.1, 0.15) is 11.1 Å². The zero-order valence-corrected chi connectivity index (χ0v) is 33.4. The van der Waals surface area contributed by atoms with E-state index in [0.29, 0.717) is 11.1 Å². The summed E-state index contributed by atoms with van der Waals surface area (Å²) in [5, 5.41) is 53.7. The van der Waals surface area contributed by atoms with E-state index in [4.69, 9.17) is 20.9 Å². The number of aliphatic hydroxyl groups is 3. The lowest BCUT2D eigenvalue weighted by Gasteiger charge is -2.35. The Balaban J connectivity index is 1.65. The van der Waals surface area contributed by atoms with Crippen LogP contribution in [-0.4, -0.2) is 154 Å². The van der Waals surface area contributed by atoms with E-state index in [1.54, 1.807) is 42.5 Å². The summed E-state index contributed by atoms with van der Waals surface area (Å²) in [4.78, 5) is 90.1. The molecule has 2 aromatic carbocycles. The molecule has 23 heteroatoms. The Morgan fingerprint density at radius 1 is 0.695 bits per heavy atom. The maximum atomic E-state index is 13.7. The van der Waals surface area contributed by atoms with E-state index in [9.17, 15) is 54.0 Å². The summed E-state index contributed by atoms with van der Waals surface area (Å²) in [6, 6.07) is 8.01. The third-order valence-electron chi connectivity index (χ3n) is 8.67. The summed E-state index contributed by atoms with van der Waals surface area (Å²) in [7, 11) is 0. The number of primary amides is 1. The molecule has 21 nitrogen and oxygen atoms in total. The number of carbonyl (C=O) groups excluding carboxylic acids is 7. The molecule has 0 radical (unpaired) electrons. The second-order valence-electron chi connectivity index (χ2n) is 13.3. The molecule has 1 fully saturated rings. The number of nitrogens with one attached hydrogen (secondary N) is 6. The fourth-order valence-corrected chi connectivity index (χ4v) is 5.90. The molecule has 2 aromatic rings. The molecule has 1 heterocycles. The monoisotopic (exact) mass is 866 g/mol. The van der Waals surface area contributed by atoms with Crippen molar-refractivity contribution in [2.45, 2.75) is 67.7 Å². The highest BCUT2D eigenvalue weighted by Gasteiger charge is 2.39. The van der Waals surface area contributed by atoms with Crippen LogP contribution in [0.15, 0.2) is 54.6 Å². The van der Waals surface area contributed by atoms with Crippen LogP contribution >= 0.6 is 25.3 Å². The molecule has 0 aromatic heterocycles. The minimum atomic E-state index is -1.73. The van der Waals surface area contributed by atoms with Crippen LogP contribution in [0.25, 0.3) is 0 Å². The van der Waals surface area contributed by atoms with Crippen molar-refractivity contribution < 1.29 is 63.5 Å². The van der Waals surface area contributed by atoms with Crippen LogP contribution in [0, 0.1) is 0 Å². The summed E-state index contributed by atoms with van der Waals surface area (Å²) in [5.41, 5.74) is 12.4. The average Bonchev–Trinajstić information content (AvgIpc) is 3.21. The van der Waals surface area contributed by atoms with E-state index in [2.05, 4.69) is 57.2 Å². The van der Waals surface area contributed by atoms with Crippen molar-refractivity contribution in [3.8, 4) is 5.75 Å². The predicted octanol–water partition coefficient (Wildman–Crippen LogP) is -5.52. The van der Waals surface area contributed by atoms with Crippen molar-refractivity contribution in [1.82, 2.24) is 31.9 Å². The lowest BCUT2D eigenvalue weighted by Crippen LogP contribution is -2.60. The van der Waals surface area contributed by atoms with E-state index in [-0.39, 0.29) is 30.1 Å². The molecule has 7 amide bonds. The first-order chi connectivity index (χ1) is 28.0. The van der Waals surface area contributed by atoms with Gasteiger partial charge in [-0.1, -0.05) is 42.5 Å². The number of aliphatic hydroxyl groups excluding tert-OH is 3. The van der Waals surface area contributed by atoms with Gasteiger partial charge >= 0.3 is 0 Å². The van der Waals surface area contributed by atoms with Crippen molar-refractivity contribution in [3.05, 3.63) is 65.7 Å². The Morgan fingerprint density at radius 2 is 1.24 bits per heavy atom. The van der Waals surface area contributed by atoms with E-state index < -0.39 is 122 Å². The minimum Gasteiger partial charge on any atom is -0.508 e. The molecule has 9 atom stereocenters. The first kappa shape index (κ1) is 48.4. The first-order valence-corrected chi connectivity index (χ1v) is 19.4. The molecule has 14 N–H and O–H groups in total. The highest BCUT2D eigenvalue weighted by molar-refractivity contribution is 7.80. The molecule has 0 saturated carbocycles. The molecule has 0 unspecified atom stereocenters.